The zero-order valence-corrected chi connectivity index (χ0v) is 6.45. The molecule has 0 bridgehead atoms. The van der Waals surface area contributed by atoms with E-state index in [1.807, 2.05) is 18.2 Å². The number of amides is 1. The van der Waals surface area contributed by atoms with Crippen molar-refractivity contribution >= 4 is 11.8 Å². The van der Waals surface area contributed by atoms with Crippen LogP contribution in [-0.2, 0) is 0 Å². The van der Waals surface area contributed by atoms with Gasteiger partial charge in [-0.2, -0.15) is 0 Å². The quantitative estimate of drug-likeness (QED) is 0.699. The molecule has 3 heteroatoms. The molecule has 1 aromatic carbocycles. The Labute approximate surface area is 70.3 Å². The molecule has 0 unspecified atom stereocenters. The summed E-state index contributed by atoms with van der Waals surface area (Å²) < 4.78 is 0. The first kappa shape index (κ1) is 8.33. The highest BCUT2D eigenvalue weighted by atomic mass is 16.4. The summed E-state index contributed by atoms with van der Waals surface area (Å²) in [7, 11) is 0. The lowest BCUT2D eigenvalue weighted by Gasteiger charge is -2.03. The summed E-state index contributed by atoms with van der Waals surface area (Å²) in [4.78, 5) is 10.2. The van der Waals surface area contributed by atoms with E-state index in [-0.39, 0.29) is 0 Å². The SMILES string of the molecule is C=C(NC(=O)O)c1ccccc1. The van der Waals surface area contributed by atoms with E-state index in [2.05, 4.69) is 11.9 Å². The van der Waals surface area contributed by atoms with E-state index in [0.717, 1.165) is 5.56 Å². The molecule has 0 saturated heterocycles. The zero-order valence-electron chi connectivity index (χ0n) is 6.45. The highest BCUT2D eigenvalue weighted by Gasteiger charge is 1.99. The van der Waals surface area contributed by atoms with Gasteiger partial charge in [-0.05, 0) is 5.56 Å². The van der Waals surface area contributed by atoms with E-state index >= 15 is 0 Å². The number of benzene rings is 1. The van der Waals surface area contributed by atoms with Gasteiger partial charge in [0, 0.05) is 5.70 Å². The van der Waals surface area contributed by atoms with Gasteiger partial charge in [-0.3, -0.25) is 5.32 Å². The molecule has 0 aliphatic carbocycles. The van der Waals surface area contributed by atoms with Crippen LogP contribution in [0, 0.1) is 0 Å². The first-order chi connectivity index (χ1) is 5.70. The Morgan fingerprint density at radius 1 is 1.33 bits per heavy atom. The van der Waals surface area contributed by atoms with Crippen LogP contribution >= 0.6 is 0 Å². The number of rotatable bonds is 2. The Morgan fingerprint density at radius 3 is 2.42 bits per heavy atom. The Morgan fingerprint density at radius 2 is 1.92 bits per heavy atom. The number of hydrogen-bond donors (Lipinski definition) is 2. The predicted molar refractivity (Wildman–Crippen MR) is 46.6 cm³/mol. The number of carboxylic acid groups (broad SMARTS) is 1. The molecule has 1 amide bonds. The van der Waals surface area contributed by atoms with Crippen LogP contribution < -0.4 is 5.32 Å². The fraction of sp³-hybridized carbons (Fsp3) is 0. The predicted octanol–water partition coefficient (Wildman–Crippen LogP) is 1.92. The normalized spacial score (nSPS) is 9.00. The Hall–Kier alpha value is -1.77. The van der Waals surface area contributed by atoms with Crippen molar-refractivity contribution in [1.82, 2.24) is 5.32 Å². The Balaban J connectivity index is 2.73. The molecule has 0 radical (unpaired) electrons. The minimum Gasteiger partial charge on any atom is -0.465 e. The summed E-state index contributed by atoms with van der Waals surface area (Å²) in [6, 6.07) is 9.09. The standard InChI is InChI=1S/C9H9NO2/c1-7(10-9(11)12)8-5-3-2-4-6-8/h2-6,10H,1H2,(H,11,12). The molecular weight excluding hydrogens is 154 g/mol. The smallest absolute Gasteiger partial charge is 0.409 e. The van der Waals surface area contributed by atoms with Crippen molar-refractivity contribution in [2.75, 3.05) is 0 Å². The van der Waals surface area contributed by atoms with Crippen LogP contribution in [-0.4, -0.2) is 11.2 Å². The molecule has 0 aromatic heterocycles. The van der Waals surface area contributed by atoms with E-state index in [1.165, 1.54) is 0 Å². The number of hydrogen-bond acceptors (Lipinski definition) is 1. The summed E-state index contributed by atoms with van der Waals surface area (Å²) in [6.45, 7) is 3.57. The average molecular weight is 163 g/mol. The second kappa shape index (κ2) is 3.57. The van der Waals surface area contributed by atoms with Gasteiger partial charge in [-0.25, -0.2) is 4.79 Å². The van der Waals surface area contributed by atoms with E-state index in [9.17, 15) is 4.79 Å². The van der Waals surface area contributed by atoms with Gasteiger partial charge in [0.15, 0.2) is 0 Å². The van der Waals surface area contributed by atoms with Crippen molar-refractivity contribution in [2.45, 2.75) is 0 Å². The minimum atomic E-state index is -1.09. The fourth-order valence-corrected chi connectivity index (χ4v) is 0.841. The van der Waals surface area contributed by atoms with E-state index in [0.29, 0.717) is 5.70 Å². The van der Waals surface area contributed by atoms with Gasteiger partial charge in [0.1, 0.15) is 0 Å². The summed E-state index contributed by atoms with van der Waals surface area (Å²) >= 11 is 0. The zero-order chi connectivity index (χ0) is 8.97. The molecule has 0 fully saturated rings. The van der Waals surface area contributed by atoms with Crippen molar-refractivity contribution < 1.29 is 9.90 Å². The van der Waals surface area contributed by atoms with Crippen molar-refractivity contribution in [2.24, 2.45) is 0 Å². The second-order valence-corrected chi connectivity index (χ2v) is 2.27. The van der Waals surface area contributed by atoms with Gasteiger partial charge in [-0.1, -0.05) is 36.9 Å². The van der Waals surface area contributed by atoms with Gasteiger partial charge < -0.3 is 5.11 Å². The molecule has 0 heterocycles. The van der Waals surface area contributed by atoms with E-state index in [4.69, 9.17) is 5.11 Å². The van der Waals surface area contributed by atoms with E-state index < -0.39 is 6.09 Å². The monoisotopic (exact) mass is 163 g/mol. The first-order valence-electron chi connectivity index (χ1n) is 3.44. The lowest BCUT2D eigenvalue weighted by atomic mass is 10.2. The molecule has 0 spiro atoms. The minimum absolute atomic E-state index is 0.392. The average Bonchev–Trinajstić information content (AvgIpc) is 2.05. The van der Waals surface area contributed by atoms with Crippen LogP contribution in [0.5, 0.6) is 0 Å². The van der Waals surface area contributed by atoms with Crippen molar-refractivity contribution in [1.29, 1.82) is 0 Å². The highest BCUT2D eigenvalue weighted by Crippen LogP contribution is 2.07. The molecule has 0 atom stereocenters. The molecule has 0 aliphatic rings. The van der Waals surface area contributed by atoms with Crippen LogP contribution in [0.3, 0.4) is 0 Å². The third kappa shape index (κ3) is 2.12. The van der Waals surface area contributed by atoms with E-state index in [1.54, 1.807) is 12.1 Å². The summed E-state index contributed by atoms with van der Waals surface area (Å²) in [5, 5.41) is 10.6. The molecule has 1 aromatic rings. The van der Waals surface area contributed by atoms with Crippen molar-refractivity contribution in [3.63, 3.8) is 0 Å². The highest BCUT2D eigenvalue weighted by molar-refractivity contribution is 5.79. The summed E-state index contributed by atoms with van der Waals surface area (Å²) in [5.41, 5.74) is 1.17. The van der Waals surface area contributed by atoms with Crippen LogP contribution in [0.15, 0.2) is 36.9 Å². The molecule has 62 valence electrons. The van der Waals surface area contributed by atoms with Crippen molar-refractivity contribution in [3.8, 4) is 0 Å². The Bertz CT molecular complexity index is 293. The van der Waals surface area contributed by atoms with Gasteiger partial charge in [0.05, 0.1) is 0 Å². The Kier molecular flexibility index (Phi) is 2.48. The third-order valence-corrected chi connectivity index (χ3v) is 1.38. The van der Waals surface area contributed by atoms with Crippen LogP contribution in [0.4, 0.5) is 4.79 Å². The topological polar surface area (TPSA) is 49.3 Å². The third-order valence-electron chi connectivity index (χ3n) is 1.38. The van der Waals surface area contributed by atoms with Crippen LogP contribution in [0.25, 0.3) is 5.70 Å². The largest absolute Gasteiger partial charge is 0.465 e. The molecule has 1 rings (SSSR count). The second-order valence-electron chi connectivity index (χ2n) is 2.27. The summed E-state index contributed by atoms with van der Waals surface area (Å²) in [5.74, 6) is 0. The summed E-state index contributed by atoms with van der Waals surface area (Å²) in [6.07, 6.45) is -1.09. The van der Waals surface area contributed by atoms with Crippen LogP contribution in [0.2, 0.25) is 0 Å². The lowest BCUT2D eigenvalue weighted by Crippen LogP contribution is -2.18. The van der Waals surface area contributed by atoms with Crippen LogP contribution in [0.1, 0.15) is 5.56 Å². The molecule has 2 N–H and O–H groups in total. The maximum Gasteiger partial charge on any atom is 0.409 e. The van der Waals surface area contributed by atoms with Crippen molar-refractivity contribution in [3.05, 3.63) is 42.5 Å². The van der Waals surface area contributed by atoms with Gasteiger partial charge >= 0.3 is 6.09 Å². The maximum absolute atomic E-state index is 10.2. The van der Waals surface area contributed by atoms with Gasteiger partial charge in [0.2, 0.25) is 0 Å². The molecule has 0 saturated carbocycles. The molecule has 12 heavy (non-hydrogen) atoms. The first-order valence-corrected chi connectivity index (χ1v) is 3.44. The fourth-order valence-electron chi connectivity index (χ4n) is 0.841. The maximum atomic E-state index is 10.2. The number of carbonyl (C=O) groups is 1. The molecule has 3 nitrogen and oxygen atoms in total. The molecule has 0 aliphatic heterocycles. The van der Waals surface area contributed by atoms with Gasteiger partial charge in [-0.15, -0.1) is 0 Å². The lowest BCUT2D eigenvalue weighted by molar-refractivity contribution is 0.199. The molecular formula is C9H9NO2. The van der Waals surface area contributed by atoms with Gasteiger partial charge in [0.25, 0.3) is 0 Å². The number of nitrogens with one attached hydrogen (secondary N) is 1.